The fourth-order valence-corrected chi connectivity index (χ4v) is 1.94. The van der Waals surface area contributed by atoms with Gasteiger partial charge in [0.15, 0.2) is 0 Å². The number of aromatic nitrogens is 1. The summed E-state index contributed by atoms with van der Waals surface area (Å²) < 4.78 is 0. The molecule has 0 saturated carbocycles. The van der Waals surface area contributed by atoms with Gasteiger partial charge in [0.1, 0.15) is 5.82 Å². The van der Waals surface area contributed by atoms with E-state index in [9.17, 15) is 0 Å². The third-order valence-electron chi connectivity index (χ3n) is 2.68. The molecule has 1 N–H and O–H groups in total. The average Bonchev–Trinajstić information content (AvgIpc) is 2.27. The van der Waals surface area contributed by atoms with E-state index < -0.39 is 0 Å². The Morgan fingerprint density at radius 3 is 2.56 bits per heavy atom. The Kier molecular flexibility index (Phi) is 2.69. The normalized spacial score (nSPS) is 10.5. The van der Waals surface area contributed by atoms with Gasteiger partial charge in [0.2, 0.25) is 0 Å². The maximum absolute atomic E-state index is 4.57. The highest BCUT2D eigenvalue weighted by atomic mass is 15.1. The topological polar surface area (TPSA) is 28.2 Å². The van der Waals surface area contributed by atoms with Crippen LogP contribution in [0.2, 0.25) is 0 Å². The second-order valence-corrected chi connectivity index (χ2v) is 4.13. The number of hydrogen-bond donors (Lipinski definition) is 1. The van der Waals surface area contributed by atoms with Crippen LogP contribution in [0.15, 0.2) is 24.3 Å². The molecule has 84 valence electrons. The molecular weight excluding hydrogens is 198 g/mol. The molecule has 0 aliphatic carbocycles. The van der Waals surface area contributed by atoms with Crippen molar-refractivity contribution in [3.05, 3.63) is 30.0 Å². The summed E-state index contributed by atoms with van der Waals surface area (Å²) in [7, 11) is 5.99. The fourth-order valence-electron chi connectivity index (χ4n) is 1.94. The zero-order valence-electron chi connectivity index (χ0n) is 10.2. The highest BCUT2D eigenvalue weighted by Crippen LogP contribution is 2.29. The van der Waals surface area contributed by atoms with Crippen LogP contribution in [0.5, 0.6) is 0 Å². The molecule has 0 spiro atoms. The molecule has 0 unspecified atom stereocenters. The number of nitrogens with zero attached hydrogens (tertiary/aromatic N) is 2. The number of hydrogen-bond acceptors (Lipinski definition) is 3. The molecule has 0 aliphatic heterocycles. The minimum Gasteiger partial charge on any atom is -0.388 e. The third kappa shape index (κ3) is 1.69. The van der Waals surface area contributed by atoms with E-state index in [1.54, 1.807) is 0 Å². The van der Waals surface area contributed by atoms with Crippen LogP contribution in [0.25, 0.3) is 10.8 Å². The summed E-state index contributed by atoms with van der Waals surface area (Å²) in [6, 6.07) is 8.37. The number of nitrogens with one attached hydrogen (secondary N) is 1. The molecule has 0 aliphatic rings. The van der Waals surface area contributed by atoms with E-state index in [0.717, 1.165) is 17.2 Å². The molecule has 0 radical (unpaired) electrons. The number of anilines is 2. The molecule has 1 aromatic heterocycles. The minimum absolute atomic E-state index is 1.02. The molecule has 0 bridgehead atoms. The molecule has 1 aromatic carbocycles. The Labute approximate surface area is 96.1 Å². The first kappa shape index (κ1) is 10.7. The molecule has 0 amide bonds. The van der Waals surface area contributed by atoms with Gasteiger partial charge in [-0.05, 0) is 19.1 Å². The van der Waals surface area contributed by atoms with E-state index in [0.29, 0.717) is 0 Å². The van der Waals surface area contributed by atoms with Gasteiger partial charge in [-0.25, -0.2) is 4.98 Å². The van der Waals surface area contributed by atoms with Crippen LogP contribution in [0.3, 0.4) is 0 Å². The Hall–Kier alpha value is -1.77. The van der Waals surface area contributed by atoms with Gasteiger partial charge in [0.25, 0.3) is 0 Å². The lowest BCUT2D eigenvalue weighted by atomic mass is 10.1. The predicted molar refractivity (Wildman–Crippen MR) is 70.4 cm³/mol. The van der Waals surface area contributed by atoms with E-state index in [4.69, 9.17) is 0 Å². The average molecular weight is 215 g/mol. The molecule has 2 aromatic rings. The Morgan fingerprint density at radius 2 is 1.94 bits per heavy atom. The van der Waals surface area contributed by atoms with Gasteiger partial charge in [-0.1, -0.05) is 12.1 Å². The SMILES string of the molecule is CNc1cccc2c(N(C)C)nc(C)cc12. The van der Waals surface area contributed by atoms with Crippen molar-refractivity contribution in [2.45, 2.75) is 6.92 Å². The number of benzene rings is 1. The fraction of sp³-hybridized carbons (Fsp3) is 0.308. The van der Waals surface area contributed by atoms with Gasteiger partial charge < -0.3 is 10.2 Å². The van der Waals surface area contributed by atoms with Crippen LogP contribution in [0, 0.1) is 6.92 Å². The minimum atomic E-state index is 1.02. The van der Waals surface area contributed by atoms with Gasteiger partial charge in [-0.2, -0.15) is 0 Å². The first-order valence-corrected chi connectivity index (χ1v) is 5.39. The van der Waals surface area contributed by atoms with E-state index >= 15 is 0 Å². The van der Waals surface area contributed by atoms with Crippen LogP contribution in [-0.2, 0) is 0 Å². The van der Waals surface area contributed by atoms with Crippen molar-refractivity contribution >= 4 is 22.3 Å². The van der Waals surface area contributed by atoms with Crippen molar-refractivity contribution in [3.8, 4) is 0 Å². The lowest BCUT2D eigenvalue weighted by molar-refractivity contribution is 1.06. The zero-order valence-corrected chi connectivity index (χ0v) is 10.2. The monoisotopic (exact) mass is 215 g/mol. The molecule has 2 rings (SSSR count). The van der Waals surface area contributed by atoms with Crippen LogP contribution >= 0.6 is 0 Å². The lowest BCUT2D eigenvalue weighted by Crippen LogP contribution is -2.11. The number of pyridine rings is 1. The van der Waals surface area contributed by atoms with Crippen molar-refractivity contribution in [2.75, 3.05) is 31.4 Å². The maximum Gasteiger partial charge on any atom is 0.136 e. The third-order valence-corrected chi connectivity index (χ3v) is 2.68. The Bertz CT molecular complexity index is 518. The number of rotatable bonds is 2. The van der Waals surface area contributed by atoms with Crippen LogP contribution in [0.4, 0.5) is 11.5 Å². The Morgan fingerprint density at radius 1 is 1.19 bits per heavy atom. The van der Waals surface area contributed by atoms with E-state index in [2.05, 4.69) is 39.5 Å². The van der Waals surface area contributed by atoms with E-state index in [1.807, 2.05) is 28.1 Å². The van der Waals surface area contributed by atoms with Gasteiger partial charge in [0.05, 0.1) is 0 Å². The first-order chi connectivity index (χ1) is 7.63. The standard InChI is InChI=1S/C13H17N3/c1-9-8-11-10(13(15-9)16(3)4)6-5-7-12(11)14-2/h5-8,14H,1-4H3. The van der Waals surface area contributed by atoms with Crippen molar-refractivity contribution in [2.24, 2.45) is 0 Å². The molecule has 1 heterocycles. The summed E-state index contributed by atoms with van der Waals surface area (Å²) in [5.74, 6) is 1.02. The predicted octanol–water partition coefficient (Wildman–Crippen LogP) is 2.65. The molecule has 0 saturated heterocycles. The van der Waals surface area contributed by atoms with Crippen LogP contribution in [-0.4, -0.2) is 26.1 Å². The smallest absolute Gasteiger partial charge is 0.136 e. The molecule has 0 fully saturated rings. The van der Waals surface area contributed by atoms with E-state index in [1.165, 1.54) is 10.8 Å². The summed E-state index contributed by atoms with van der Waals surface area (Å²) >= 11 is 0. The highest BCUT2D eigenvalue weighted by molar-refractivity contribution is 6.00. The van der Waals surface area contributed by atoms with Gasteiger partial charge in [-0.15, -0.1) is 0 Å². The maximum atomic E-state index is 4.57. The number of fused-ring (bicyclic) bond motifs is 1. The molecule has 0 atom stereocenters. The highest BCUT2D eigenvalue weighted by Gasteiger charge is 2.08. The zero-order chi connectivity index (χ0) is 11.7. The molecule has 3 nitrogen and oxygen atoms in total. The largest absolute Gasteiger partial charge is 0.388 e. The van der Waals surface area contributed by atoms with Crippen molar-refractivity contribution in [3.63, 3.8) is 0 Å². The summed E-state index contributed by atoms with van der Waals surface area (Å²) in [6.07, 6.45) is 0. The summed E-state index contributed by atoms with van der Waals surface area (Å²) in [4.78, 5) is 6.62. The lowest BCUT2D eigenvalue weighted by Gasteiger charge is -2.16. The second kappa shape index (κ2) is 4.00. The molecular formula is C13H17N3. The second-order valence-electron chi connectivity index (χ2n) is 4.13. The number of aryl methyl sites for hydroxylation is 1. The summed E-state index contributed by atoms with van der Waals surface area (Å²) in [5.41, 5.74) is 2.19. The van der Waals surface area contributed by atoms with Gasteiger partial charge in [0, 0.05) is 43.3 Å². The van der Waals surface area contributed by atoms with Crippen LogP contribution < -0.4 is 10.2 Å². The van der Waals surface area contributed by atoms with E-state index in [-0.39, 0.29) is 0 Å². The van der Waals surface area contributed by atoms with Gasteiger partial charge >= 0.3 is 0 Å². The van der Waals surface area contributed by atoms with Crippen molar-refractivity contribution < 1.29 is 0 Å². The quantitative estimate of drug-likeness (QED) is 0.834. The van der Waals surface area contributed by atoms with Crippen molar-refractivity contribution in [1.29, 1.82) is 0 Å². The van der Waals surface area contributed by atoms with Crippen molar-refractivity contribution in [1.82, 2.24) is 4.98 Å². The molecule has 3 heteroatoms. The van der Waals surface area contributed by atoms with Crippen LogP contribution in [0.1, 0.15) is 5.69 Å². The summed E-state index contributed by atoms with van der Waals surface area (Å²) in [5, 5.41) is 5.62. The first-order valence-electron chi connectivity index (χ1n) is 5.39. The van der Waals surface area contributed by atoms with Gasteiger partial charge in [-0.3, -0.25) is 0 Å². The summed E-state index contributed by atoms with van der Waals surface area (Å²) in [6.45, 7) is 2.03. The Balaban J connectivity index is 2.83. The molecule has 16 heavy (non-hydrogen) atoms.